The van der Waals surface area contributed by atoms with E-state index in [0.29, 0.717) is 10.6 Å². The van der Waals surface area contributed by atoms with Crippen LogP contribution in [-0.2, 0) is 0 Å². The zero-order valence-corrected chi connectivity index (χ0v) is 9.54. The second kappa shape index (κ2) is 4.37. The first kappa shape index (κ1) is 10.7. The number of hydrogen-bond acceptors (Lipinski definition) is 3. The van der Waals surface area contributed by atoms with Crippen molar-refractivity contribution in [1.29, 1.82) is 0 Å². The Labute approximate surface area is 97.4 Å². The molecule has 1 amide bonds. The number of rotatable bonds is 2. The molecule has 1 aromatic carbocycles. The molecule has 16 heavy (non-hydrogen) atoms. The van der Waals surface area contributed by atoms with Crippen LogP contribution in [0.25, 0.3) is 0 Å². The van der Waals surface area contributed by atoms with E-state index in [1.807, 2.05) is 11.4 Å². The van der Waals surface area contributed by atoms with Crippen molar-refractivity contribution in [1.82, 2.24) is 0 Å². The van der Waals surface area contributed by atoms with Crippen LogP contribution >= 0.6 is 11.3 Å². The van der Waals surface area contributed by atoms with E-state index < -0.39 is 0 Å². The third kappa shape index (κ3) is 2.23. The summed E-state index contributed by atoms with van der Waals surface area (Å²) in [6.45, 7) is 1.81. The predicted octanol–water partition coefficient (Wildman–Crippen LogP) is 3.01. The van der Waals surface area contributed by atoms with Gasteiger partial charge in [0.1, 0.15) is 5.75 Å². The van der Waals surface area contributed by atoms with Crippen molar-refractivity contribution in [3.63, 3.8) is 0 Å². The van der Waals surface area contributed by atoms with Crippen LogP contribution in [0.1, 0.15) is 15.2 Å². The Morgan fingerprint density at radius 1 is 1.38 bits per heavy atom. The maximum Gasteiger partial charge on any atom is 0.265 e. The van der Waals surface area contributed by atoms with Crippen LogP contribution in [0, 0.1) is 6.92 Å². The fourth-order valence-electron chi connectivity index (χ4n) is 1.29. The highest BCUT2D eigenvalue weighted by Crippen LogP contribution is 2.21. The Hall–Kier alpha value is -1.81. The SMILES string of the molecule is Cc1ccc(NC(=O)c2cccs2)cc1O. The summed E-state index contributed by atoms with van der Waals surface area (Å²) < 4.78 is 0. The minimum absolute atomic E-state index is 0.154. The summed E-state index contributed by atoms with van der Waals surface area (Å²) in [6, 6.07) is 8.65. The number of anilines is 1. The van der Waals surface area contributed by atoms with Crippen LogP contribution in [-0.4, -0.2) is 11.0 Å². The number of benzene rings is 1. The molecule has 0 saturated carbocycles. The van der Waals surface area contributed by atoms with E-state index in [9.17, 15) is 9.90 Å². The third-order valence-electron chi connectivity index (χ3n) is 2.21. The zero-order chi connectivity index (χ0) is 11.5. The first-order chi connectivity index (χ1) is 7.66. The van der Waals surface area contributed by atoms with E-state index >= 15 is 0 Å². The molecule has 0 atom stereocenters. The molecule has 82 valence electrons. The molecule has 0 aliphatic heterocycles. The number of phenolic OH excluding ortho intramolecular Hbond substituents is 1. The van der Waals surface area contributed by atoms with Crippen LogP contribution in [0.3, 0.4) is 0 Å². The zero-order valence-electron chi connectivity index (χ0n) is 8.73. The second-order valence-corrected chi connectivity index (χ2v) is 4.38. The van der Waals surface area contributed by atoms with Crippen LogP contribution < -0.4 is 5.32 Å². The van der Waals surface area contributed by atoms with Gasteiger partial charge in [-0.1, -0.05) is 12.1 Å². The predicted molar refractivity (Wildman–Crippen MR) is 65.1 cm³/mol. The summed E-state index contributed by atoms with van der Waals surface area (Å²) in [7, 11) is 0. The number of phenols is 1. The maximum atomic E-state index is 11.7. The van der Waals surface area contributed by atoms with Gasteiger partial charge in [-0.15, -0.1) is 11.3 Å². The average Bonchev–Trinajstić information content (AvgIpc) is 2.77. The Kier molecular flexibility index (Phi) is 2.92. The van der Waals surface area contributed by atoms with E-state index in [1.54, 1.807) is 31.2 Å². The number of thiophene rings is 1. The van der Waals surface area contributed by atoms with Crippen molar-refractivity contribution in [3.05, 3.63) is 46.2 Å². The van der Waals surface area contributed by atoms with Gasteiger partial charge in [-0.05, 0) is 30.0 Å². The number of nitrogens with one attached hydrogen (secondary N) is 1. The van der Waals surface area contributed by atoms with Crippen molar-refractivity contribution >= 4 is 22.9 Å². The molecule has 3 nitrogen and oxygen atoms in total. The minimum Gasteiger partial charge on any atom is -0.508 e. The molecule has 2 rings (SSSR count). The van der Waals surface area contributed by atoms with Gasteiger partial charge in [0, 0.05) is 11.8 Å². The van der Waals surface area contributed by atoms with Crippen LogP contribution in [0.15, 0.2) is 35.7 Å². The summed E-state index contributed by atoms with van der Waals surface area (Å²) in [4.78, 5) is 12.3. The fourth-order valence-corrected chi connectivity index (χ4v) is 1.91. The molecule has 2 N–H and O–H groups in total. The van der Waals surface area contributed by atoms with Gasteiger partial charge < -0.3 is 10.4 Å². The lowest BCUT2D eigenvalue weighted by molar-refractivity contribution is 0.103. The number of carbonyl (C=O) groups excluding carboxylic acids is 1. The minimum atomic E-state index is -0.154. The molecule has 2 aromatic rings. The summed E-state index contributed by atoms with van der Waals surface area (Å²) >= 11 is 1.38. The third-order valence-corrected chi connectivity index (χ3v) is 3.08. The van der Waals surface area contributed by atoms with Gasteiger partial charge in [0.25, 0.3) is 5.91 Å². The van der Waals surface area contributed by atoms with Crippen LogP contribution in [0.2, 0.25) is 0 Å². The number of aryl methyl sites for hydroxylation is 1. The van der Waals surface area contributed by atoms with Crippen molar-refractivity contribution in [2.45, 2.75) is 6.92 Å². The molecular weight excluding hydrogens is 222 g/mol. The highest BCUT2D eigenvalue weighted by atomic mass is 32.1. The summed E-state index contributed by atoms with van der Waals surface area (Å²) in [6.07, 6.45) is 0. The van der Waals surface area contributed by atoms with Crippen LogP contribution in [0.5, 0.6) is 5.75 Å². The normalized spacial score (nSPS) is 10.1. The summed E-state index contributed by atoms with van der Waals surface area (Å²) in [5.41, 5.74) is 1.38. The van der Waals surface area contributed by atoms with E-state index in [4.69, 9.17) is 0 Å². The molecule has 0 aliphatic rings. The molecule has 1 heterocycles. The molecule has 0 saturated heterocycles. The van der Waals surface area contributed by atoms with Gasteiger partial charge in [0.15, 0.2) is 0 Å². The maximum absolute atomic E-state index is 11.7. The van der Waals surface area contributed by atoms with E-state index in [2.05, 4.69) is 5.32 Å². The van der Waals surface area contributed by atoms with Crippen molar-refractivity contribution in [2.75, 3.05) is 5.32 Å². The second-order valence-electron chi connectivity index (χ2n) is 3.43. The van der Waals surface area contributed by atoms with Gasteiger partial charge in [-0.25, -0.2) is 0 Å². The van der Waals surface area contributed by atoms with E-state index in [0.717, 1.165) is 5.56 Å². The van der Waals surface area contributed by atoms with Gasteiger partial charge in [0.05, 0.1) is 4.88 Å². The topological polar surface area (TPSA) is 49.3 Å². The van der Waals surface area contributed by atoms with Crippen molar-refractivity contribution in [3.8, 4) is 5.75 Å². The Morgan fingerprint density at radius 2 is 2.19 bits per heavy atom. The molecule has 0 spiro atoms. The fraction of sp³-hybridized carbons (Fsp3) is 0.0833. The smallest absolute Gasteiger partial charge is 0.265 e. The first-order valence-electron chi connectivity index (χ1n) is 4.81. The van der Waals surface area contributed by atoms with Gasteiger partial charge in [0.2, 0.25) is 0 Å². The summed E-state index contributed by atoms with van der Waals surface area (Å²) in [5, 5.41) is 14.1. The molecular formula is C12H11NO2S. The molecule has 0 radical (unpaired) electrons. The molecule has 0 unspecified atom stereocenters. The summed E-state index contributed by atoms with van der Waals surface area (Å²) in [5.74, 6) is 0.0298. The number of hydrogen-bond donors (Lipinski definition) is 2. The Balaban J connectivity index is 2.15. The average molecular weight is 233 g/mol. The quantitative estimate of drug-likeness (QED) is 0.837. The van der Waals surface area contributed by atoms with Gasteiger partial charge in [-0.3, -0.25) is 4.79 Å². The Bertz CT molecular complexity index is 506. The molecule has 0 fully saturated rings. The molecule has 0 aliphatic carbocycles. The monoisotopic (exact) mass is 233 g/mol. The molecule has 4 heteroatoms. The lowest BCUT2D eigenvalue weighted by Crippen LogP contribution is -2.09. The molecule has 0 bridgehead atoms. The highest BCUT2D eigenvalue weighted by Gasteiger charge is 2.07. The van der Waals surface area contributed by atoms with Gasteiger partial charge in [-0.2, -0.15) is 0 Å². The van der Waals surface area contributed by atoms with Gasteiger partial charge >= 0.3 is 0 Å². The number of amides is 1. The van der Waals surface area contributed by atoms with E-state index in [1.165, 1.54) is 11.3 Å². The largest absolute Gasteiger partial charge is 0.508 e. The Morgan fingerprint density at radius 3 is 2.81 bits per heavy atom. The number of aromatic hydroxyl groups is 1. The number of carbonyl (C=O) groups is 1. The van der Waals surface area contributed by atoms with Crippen LogP contribution in [0.4, 0.5) is 5.69 Å². The first-order valence-corrected chi connectivity index (χ1v) is 5.69. The van der Waals surface area contributed by atoms with Crippen molar-refractivity contribution < 1.29 is 9.90 Å². The molecule has 1 aromatic heterocycles. The standard InChI is InChI=1S/C12H11NO2S/c1-8-4-5-9(7-10(8)14)13-12(15)11-3-2-6-16-11/h2-7,14H,1H3,(H,13,15). The lowest BCUT2D eigenvalue weighted by atomic mass is 10.2. The van der Waals surface area contributed by atoms with Crippen molar-refractivity contribution in [2.24, 2.45) is 0 Å². The lowest BCUT2D eigenvalue weighted by Gasteiger charge is -2.05. The van der Waals surface area contributed by atoms with E-state index in [-0.39, 0.29) is 11.7 Å². The highest BCUT2D eigenvalue weighted by molar-refractivity contribution is 7.12.